The van der Waals surface area contributed by atoms with Crippen molar-refractivity contribution < 1.29 is 28.6 Å². The van der Waals surface area contributed by atoms with E-state index in [0.717, 1.165) is 0 Å². The molecule has 2 heterocycles. The molecule has 2 rings (SSSR count). The molecular weight excluding hydrogens is 461 g/mol. The first kappa shape index (κ1) is 25.4. The normalized spacial score (nSPS) is 12.4. The zero-order valence-corrected chi connectivity index (χ0v) is 19.5. The summed E-state index contributed by atoms with van der Waals surface area (Å²) >= 11 is 12.0. The third kappa shape index (κ3) is 6.54. The summed E-state index contributed by atoms with van der Waals surface area (Å²) in [5.41, 5.74) is 0.333. The molecule has 0 bridgehead atoms. The molecule has 2 atom stereocenters. The molecule has 0 saturated carbocycles. The molecule has 0 aliphatic rings. The first-order valence-corrected chi connectivity index (χ1v) is 10.5. The van der Waals surface area contributed by atoms with Crippen LogP contribution in [0.25, 0.3) is 0 Å². The van der Waals surface area contributed by atoms with Gasteiger partial charge in [0.15, 0.2) is 11.4 Å². The molecule has 0 radical (unpaired) electrons. The number of rotatable bonds is 9. The van der Waals surface area contributed by atoms with Crippen molar-refractivity contribution >= 4 is 41.0 Å². The van der Waals surface area contributed by atoms with Gasteiger partial charge in [0.05, 0.1) is 29.5 Å². The second-order valence-electron chi connectivity index (χ2n) is 6.77. The predicted molar refractivity (Wildman–Crippen MR) is 117 cm³/mol. The molecule has 0 fully saturated rings. The zero-order valence-electron chi connectivity index (χ0n) is 18.0. The molecule has 2 aromatic rings. The molecule has 1 amide bonds. The van der Waals surface area contributed by atoms with E-state index in [1.807, 2.05) is 0 Å². The number of aromatic nitrogens is 2. The highest BCUT2D eigenvalue weighted by Gasteiger charge is 2.25. The quantitative estimate of drug-likeness (QED) is 0.537. The molecule has 11 heteroatoms. The van der Waals surface area contributed by atoms with E-state index in [9.17, 15) is 14.4 Å². The minimum absolute atomic E-state index is 0.00975. The van der Waals surface area contributed by atoms with Crippen LogP contribution in [0.4, 0.5) is 0 Å². The Hall–Kier alpha value is -2.91. The van der Waals surface area contributed by atoms with Crippen LogP contribution >= 0.6 is 23.2 Å². The van der Waals surface area contributed by atoms with Gasteiger partial charge in [-0.05, 0) is 13.0 Å². The first-order valence-electron chi connectivity index (χ1n) is 9.70. The highest BCUT2D eigenvalue weighted by Crippen LogP contribution is 2.30. The third-order valence-electron chi connectivity index (χ3n) is 4.29. The number of halogens is 2. The number of carbonyl (C=O) groups excluding carboxylic acids is 3. The number of ether oxygens (including phenoxy) is 3. The molecule has 0 spiro atoms. The van der Waals surface area contributed by atoms with Crippen molar-refractivity contribution in [1.29, 1.82) is 0 Å². The molecule has 32 heavy (non-hydrogen) atoms. The highest BCUT2D eigenvalue weighted by molar-refractivity contribution is 6.34. The summed E-state index contributed by atoms with van der Waals surface area (Å²) in [5, 5.41) is 3.24. The lowest BCUT2D eigenvalue weighted by Gasteiger charge is -2.17. The zero-order chi connectivity index (χ0) is 23.8. The summed E-state index contributed by atoms with van der Waals surface area (Å²) in [4.78, 5) is 44.9. The molecule has 1 N–H and O–H groups in total. The molecule has 172 valence electrons. The van der Waals surface area contributed by atoms with Crippen LogP contribution in [0, 0.1) is 0 Å². The summed E-state index contributed by atoms with van der Waals surface area (Å²) in [7, 11) is 1.36. The Kier molecular flexibility index (Phi) is 9.22. The van der Waals surface area contributed by atoms with Gasteiger partial charge < -0.3 is 19.5 Å². The number of esters is 2. The standard InChI is InChI=1S/C21H23Cl2N3O6/c1-5-16(27)32-19-15(30-4)6-7-24-18(19)20(28)26-12(3)21(29)31-10-11(2)17-14(23)8-13(22)9-25-17/h6-9,11-12H,5,10H2,1-4H3,(H,26,28). The second-order valence-corrected chi connectivity index (χ2v) is 7.61. The number of hydrogen-bond acceptors (Lipinski definition) is 8. The van der Waals surface area contributed by atoms with E-state index in [-0.39, 0.29) is 36.1 Å². The SMILES string of the molecule is CCC(=O)Oc1c(OC)ccnc1C(=O)NC(C)C(=O)OCC(C)c1ncc(Cl)cc1Cl. The van der Waals surface area contributed by atoms with Crippen LogP contribution in [0.15, 0.2) is 24.5 Å². The van der Waals surface area contributed by atoms with Crippen molar-refractivity contribution in [1.82, 2.24) is 15.3 Å². The molecule has 0 aliphatic carbocycles. The molecular formula is C21H23Cl2N3O6. The van der Waals surface area contributed by atoms with Gasteiger partial charge in [0.1, 0.15) is 6.04 Å². The van der Waals surface area contributed by atoms with Gasteiger partial charge in [-0.2, -0.15) is 0 Å². The predicted octanol–water partition coefficient (Wildman–Crippen LogP) is 3.57. The monoisotopic (exact) mass is 483 g/mol. The molecule has 0 saturated heterocycles. The lowest BCUT2D eigenvalue weighted by Crippen LogP contribution is -2.40. The number of hydrogen-bond donors (Lipinski definition) is 1. The van der Waals surface area contributed by atoms with Crippen LogP contribution in [-0.4, -0.2) is 47.6 Å². The van der Waals surface area contributed by atoms with Gasteiger partial charge in [-0.3, -0.25) is 14.6 Å². The van der Waals surface area contributed by atoms with Gasteiger partial charge in [-0.15, -0.1) is 0 Å². The average molecular weight is 484 g/mol. The summed E-state index contributed by atoms with van der Waals surface area (Å²) in [6.07, 6.45) is 2.87. The Labute approximate surface area is 195 Å². The Bertz CT molecular complexity index is 1000. The van der Waals surface area contributed by atoms with Crippen molar-refractivity contribution in [2.24, 2.45) is 0 Å². The fraction of sp³-hybridized carbons (Fsp3) is 0.381. The van der Waals surface area contributed by atoms with Crippen LogP contribution < -0.4 is 14.8 Å². The van der Waals surface area contributed by atoms with Crippen molar-refractivity contribution in [3.8, 4) is 11.5 Å². The van der Waals surface area contributed by atoms with Gasteiger partial charge in [-0.1, -0.05) is 37.0 Å². The van der Waals surface area contributed by atoms with E-state index >= 15 is 0 Å². The average Bonchev–Trinajstić information content (AvgIpc) is 2.76. The van der Waals surface area contributed by atoms with E-state index < -0.39 is 23.9 Å². The lowest BCUT2D eigenvalue weighted by atomic mass is 10.1. The minimum atomic E-state index is -1.01. The van der Waals surface area contributed by atoms with Gasteiger partial charge in [-0.25, -0.2) is 9.78 Å². The molecule has 2 aromatic heterocycles. The van der Waals surface area contributed by atoms with Crippen LogP contribution in [-0.2, 0) is 14.3 Å². The summed E-state index contributed by atoms with van der Waals surface area (Å²) in [5.74, 6) is -2.25. The largest absolute Gasteiger partial charge is 0.493 e. The Morgan fingerprint density at radius 1 is 1.19 bits per heavy atom. The molecule has 9 nitrogen and oxygen atoms in total. The minimum Gasteiger partial charge on any atom is -0.493 e. The van der Waals surface area contributed by atoms with E-state index in [1.165, 1.54) is 32.5 Å². The summed E-state index contributed by atoms with van der Waals surface area (Å²) in [6.45, 7) is 4.84. The first-order chi connectivity index (χ1) is 15.2. The van der Waals surface area contributed by atoms with E-state index in [4.69, 9.17) is 37.4 Å². The highest BCUT2D eigenvalue weighted by atomic mass is 35.5. The number of pyridine rings is 2. The topological polar surface area (TPSA) is 117 Å². The van der Waals surface area contributed by atoms with Crippen molar-refractivity contribution in [2.75, 3.05) is 13.7 Å². The van der Waals surface area contributed by atoms with Gasteiger partial charge in [0.25, 0.3) is 5.91 Å². The Morgan fingerprint density at radius 3 is 2.53 bits per heavy atom. The number of amides is 1. The number of methoxy groups -OCH3 is 1. The van der Waals surface area contributed by atoms with E-state index in [1.54, 1.807) is 19.9 Å². The number of nitrogens with zero attached hydrogens (tertiary/aromatic N) is 2. The second kappa shape index (κ2) is 11.6. The van der Waals surface area contributed by atoms with Crippen molar-refractivity contribution in [2.45, 2.75) is 39.2 Å². The van der Waals surface area contributed by atoms with Crippen molar-refractivity contribution in [3.63, 3.8) is 0 Å². The van der Waals surface area contributed by atoms with E-state index in [2.05, 4.69) is 15.3 Å². The Morgan fingerprint density at radius 2 is 1.91 bits per heavy atom. The molecule has 0 aromatic carbocycles. The fourth-order valence-corrected chi connectivity index (χ4v) is 3.13. The maximum Gasteiger partial charge on any atom is 0.328 e. The third-order valence-corrected chi connectivity index (χ3v) is 4.80. The van der Waals surface area contributed by atoms with Crippen molar-refractivity contribution in [3.05, 3.63) is 46.0 Å². The van der Waals surface area contributed by atoms with Crippen LogP contribution in [0.2, 0.25) is 10.0 Å². The van der Waals surface area contributed by atoms with Crippen LogP contribution in [0.3, 0.4) is 0 Å². The molecule has 2 unspecified atom stereocenters. The van der Waals surface area contributed by atoms with Gasteiger partial charge in [0.2, 0.25) is 5.75 Å². The maximum absolute atomic E-state index is 12.7. The smallest absolute Gasteiger partial charge is 0.328 e. The van der Waals surface area contributed by atoms with Gasteiger partial charge in [0, 0.05) is 30.8 Å². The van der Waals surface area contributed by atoms with Gasteiger partial charge >= 0.3 is 11.9 Å². The summed E-state index contributed by atoms with van der Waals surface area (Å²) in [6, 6.07) is 1.99. The number of nitrogens with one attached hydrogen (secondary N) is 1. The van der Waals surface area contributed by atoms with E-state index in [0.29, 0.717) is 15.7 Å². The van der Waals surface area contributed by atoms with Crippen LogP contribution in [0.1, 0.15) is 49.3 Å². The fourth-order valence-electron chi connectivity index (χ4n) is 2.56. The lowest BCUT2D eigenvalue weighted by molar-refractivity contribution is -0.146. The maximum atomic E-state index is 12.7. The summed E-state index contributed by atoms with van der Waals surface area (Å²) < 4.78 is 15.6. The molecule has 0 aliphatic heterocycles. The number of carbonyl (C=O) groups is 3. The van der Waals surface area contributed by atoms with Crippen LogP contribution in [0.5, 0.6) is 11.5 Å². The Balaban J connectivity index is 2.04.